The lowest BCUT2D eigenvalue weighted by Crippen LogP contribution is -3.14. The Hall–Kier alpha value is -1.40. The third kappa shape index (κ3) is 5.00. The number of nitrogens with one attached hydrogen (secondary N) is 3. The van der Waals surface area contributed by atoms with E-state index in [4.69, 9.17) is 0 Å². The number of likely N-dealkylation sites (tertiary alicyclic amines) is 1. The second-order valence-corrected chi connectivity index (χ2v) is 5.83. The van der Waals surface area contributed by atoms with Crippen molar-refractivity contribution < 1.29 is 14.5 Å². The maximum Gasteiger partial charge on any atom is 0.321 e. The van der Waals surface area contributed by atoms with Crippen molar-refractivity contribution in [2.45, 2.75) is 25.8 Å². The molecule has 3 amide bonds. The predicted molar refractivity (Wildman–Crippen MR) is 74.1 cm³/mol. The number of rotatable bonds is 4. The van der Waals surface area contributed by atoms with Crippen LogP contribution in [-0.4, -0.2) is 31.6 Å². The van der Waals surface area contributed by atoms with Gasteiger partial charge in [0.05, 0.1) is 19.6 Å². The zero-order valence-electron chi connectivity index (χ0n) is 10.9. The highest BCUT2D eigenvalue weighted by atomic mass is 32.1. The molecule has 2 heterocycles. The van der Waals surface area contributed by atoms with E-state index in [-0.39, 0.29) is 5.91 Å². The molecule has 6 heteroatoms. The summed E-state index contributed by atoms with van der Waals surface area (Å²) >= 11 is 1.58. The Morgan fingerprint density at radius 3 is 2.74 bits per heavy atom. The lowest BCUT2D eigenvalue weighted by atomic mass is 10.1. The maximum atomic E-state index is 11.7. The number of hydrogen-bond acceptors (Lipinski definition) is 3. The van der Waals surface area contributed by atoms with Gasteiger partial charge in [0.1, 0.15) is 0 Å². The molecule has 3 N–H and O–H groups in total. The van der Waals surface area contributed by atoms with Crippen molar-refractivity contribution in [2.75, 3.05) is 19.6 Å². The average molecular weight is 282 g/mol. The Morgan fingerprint density at radius 2 is 2.05 bits per heavy atom. The fourth-order valence-corrected chi connectivity index (χ4v) is 2.90. The van der Waals surface area contributed by atoms with E-state index >= 15 is 0 Å². The molecule has 0 aliphatic carbocycles. The van der Waals surface area contributed by atoms with Crippen molar-refractivity contribution >= 4 is 23.3 Å². The summed E-state index contributed by atoms with van der Waals surface area (Å²) in [6, 6.07) is 3.48. The first kappa shape index (κ1) is 14.0. The van der Waals surface area contributed by atoms with Gasteiger partial charge in [-0.05, 0) is 30.7 Å². The van der Waals surface area contributed by atoms with E-state index in [1.54, 1.807) is 11.3 Å². The second kappa shape index (κ2) is 7.25. The van der Waals surface area contributed by atoms with E-state index in [2.05, 4.69) is 10.6 Å². The van der Waals surface area contributed by atoms with Crippen molar-refractivity contribution in [3.8, 4) is 0 Å². The minimum Gasteiger partial charge on any atom is -0.333 e. The zero-order chi connectivity index (χ0) is 13.5. The fraction of sp³-hybridized carbons (Fsp3) is 0.538. The molecule has 104 valence electrons. The van der Waals surface area contributed by atoms with Gasteiger partial charge in [-0.15, -0.1) is 11.3 Å². The quantitative estimate of drug-likeness (QED) is 0.736. The molecule has 2 rings (SSSR count). The Labute approximate surface area is 117 Å². The molecular formula is C13H20N3O2S+. The van der Waals surface area contributed by atoms with Crippen molar-refractivity contribution in [1.29, 1.82) is 0 Å². The average Bonchev–Trinajstić information content (AvgIpc) is 2.90. The lowest BCUT2D eigenvalue weighted by molar-refractivity contribution is -0.896. The molecule has 1 aromatic rings. The summed E-state index contributed by atoms with van der Waals surface area (Å²) in [5.74, 6) is -0.194. The molecule has 0 radical (unpaired) electrons. The predicted octanol–water partition coefficient (Wildman–Crippen LogP) is 0.143. The summed E-state index contributed by atoms with van der Waals surface area (Å²) < 4.78 is 0. The normalized spacial score (nSPS) is 16.0. The van der Waals surface area contributed by atoms with Gasteiger partial charge in [-0.1, -0.05) is 6.07 Å². The lowest BCUT2D eigenvalue weighted by Gasteiger charge is -2.22. The number of amides is 3. The van der Waals surface area contributed by atoms with Gasteiger partial charge in [-0.25, -0.2) is 4.79 Å². The van der Waals surface area contributed by atoms with E-state index < -0.39 is 6.03 Å². The SMILES string of the molecule is O=C(C[NH+]1CCCCC1)NC(=O)NCc1cccs1. The molecule has 0 aromatic carbocycles. The monoisotopic (exact) mass is 282 g/mol. The summed E-state index contributed by atoms with van der Waals surface area (Å²) in [5.41, 5.74) is 0. The van der Waals surface area contributed by atoms with Crippen LogP contribution in [0.4, 0.5) is 4.79 Å². The van der Waals surface area contributed by atoms with Crippen molar-refractivity contribution in [3.05, 3.63) is 22.4 Å². The minimum absolute atomic E-state index is 0.194. The van der Waals surface area contributed by atoms with Gasteiger partial charge in [0, 0.05) is 4.88 Å². The van der Waals surface area contributed by atoms with Crippen LogP contribution in [0, 0.1) is 0 Å². The molecule has 0 saturated carbocycles. The number of quaternary nitrogens is 1. The summed E-state index contributed by atoms with van der Waals surface area (Å²) in [4.78, 5) is 25.6. The first-order valence-corrected chi connectivity index (χ1v) is 7.55. The van der Waals surface area contributed by atoms with Crippen LogP contribution in [0.25, 0.3) is 0 Å². The highest BCUT2D eigenvalue weighted by Gasteiger charge is 2.18. The molecular weight excluding hydrogens is 262 g/mol. The zero-order valence-corrected chi connectivity index (χ0v) is 11.7. The van der Waals surface area contributed by atoms with Crippen LogP contribution < -0.4 is 15.5 Å². The number of piperidine rings is 1. The first-order valence-electron chi connectivity index (χ1n) is 6.67. The van der Waals surface area contributed by atoms with Crippen LogP contribution in [0.5, 0.6) is 0 Å². The molecule has 1 fully saturated rings. The van der Waals surface area contributed by atoms with E-state index in [9.17, 15) is 9.59 Å². The summed E-state index contributed by atoms with van der Waals surface area (Å²) in [6.07, 6.45) is 3.60. The molecule has 0 atom stereocenters. The number of hydrogen-bond donors (Lipinski definition) is 3. The van der Waals surface area contributed by atoms with Crippen LogP contribution in [0.3, 0.4) is 0 Å². The van der Waals surface area contributed by atoms with Gasteiger partial charge >= 0.3 is 6.03 Å². The van der Waals surface area contributed by atoms with Crippen LogP contribution >= 0.6 is 11.3 Å². The largest absolute Gasteiger partial charge is 0.333 e. The molecule has 19 heavy (non-hydrogen) atoms. The minimum atomic E-state index is -0.408. The summed E-state index contributed by atoms with van der Waals surface area (Å²) in [5, 5.41) is 7.03. The van der Waals surface area contributed by atoms with Gasteiger partial charge in [-0.3, -0.25) is 10.1 Å². The number of imide groups is 1. The van der Waals surface area contributed by atoms with Gasteiger partial charge in [-0.2, -0.15) is 0 Å². The smallest absolute Gasteiger partial charge is 0.321 e. The molecule has 1 aliphatic heterocycles. The first-order chi connectivity index (χ1) is 9.24. The summed E-state index contributed by atoms with van der Waals surface area (Å²) in [7, 11) is 0. The Bertz CT molecular complexity index is 414. The third-order valence-corrected chi connectivity index (χ3v) is 4.10. The highest BCUT2D eigenvalue weighted by Crippen LogP contribution is 2.06. The van der Waals surface area contributed by atoms with Crippen molar-refractivity contribution in [1.82, 2.24) is 10.6 Å². The van der Waals surface area contributed by atoms with E-state index in [0.717, 1.165) is 18.0 Å². The molecule has 5 nitrogen and oxygen atoms in total. The third-order valence-electron chi connectivity index (χ3n) is 3.23. The van der Waals surface area contributed by atoms with Crippen LogP contribution in [-0.2, 0) is 11.3 Å². The number of carbonyl (C=O) groups is 2. The van der Waals surface area contributed by atoms with Gasteiger partial charge < -0.3 is 10.2 Å². The number of urea groups is 1. The molecule has 1 aromatic heterocycles. The van der Waals surface area contributed by atoms with Gasteiger partial charge in [0.25, 0.3) is 5.91 Å². The molecule has 0 bridgehead atoms. The second-order valence-electron chi connectivity index (χ2n) is 4.80. The Morgan fingerprint density at radius 1 is 1.26 bits per heavy atom. The van der Waals surface area contributed by atoms with E-state index in [1.165, 1.54) is 24.2 Å². The summed E-state index contributed by atoms with van der Waals surface area (Å²) in [6.45, 7) is 2.92. The standard InChI is InChI=1S/C13H19N3O2S/c17-12(10-16-6-2-1-3-7-16)15-13(18)14-9-11-5-4-8-19-11/h4-5,8H,1-3,6-7,9-10H2,(H2,14,15,17,18)/p+1. The van der Waals surface area contributed by atoms with Crippen LogP contribution in [0.1, 0.15) is 24.1 Å². The number of thiophene rings is 1. The molecule has 1 saturated heterocycles. The highest BCUT2D eigenvalue weighted by molar-refractivity contribution is 7.09. The fourth-order valence-electron chi connectivity index (χ4n) is 2.25. The Kier molecular flexibility index (Phi) is 5.35. The number of carbonyl (C=O) groups excluding carboxylic acids is 2. The van der Waals surface area contributed by atoms with Crippen LogP contribution in [0.2, 0.25) is 0 Å². The molecule has 0 spiro atoms. The van der Waals surface area contributed by atoms with E-state index in [1.807, 2.05) is 17.5 Å². The van der Waals surface area contributed by atoms with E-state index in [0.29, 0.717) is 13.1 Å². The molecule has 0 unspecified atom stereocenters. The van der Waals surface area contributed by atoms with Crippen molar-refractivity contribution in [2.24, 2.45) is 0 Å². The molecule has 1 aliphatic rings. The van der Waals surface area contributed by atoms with Gasteiger partial charge in [0.15, 0.2) is 6.54 Å². The maximum absolute atomic E-state index is 11.7. The van der Waals surface area contributed by atoms with Gasteiger partial charge in [0.2, 0.25) is 0 Å². The topological polar surface area (TPSA) is 62.6 Å². The van der Waals surface area contributed by atoms with Crippen molar-refractivity contribution in [3.63, 3.8) is 0 Å². The Balaban J connectivity index is 1.65. The van der Waals surface area contributed by atoms with Crippen LogP contribution in [0.15, 0.2) is 17.5 Å².